The maximum atomic E-state index is 15.4. The zero-order valence-electron chi connectivity index (χ0n) is 21.5. The van der Waals surface area contributed by atoms with Gasteiger partial charge in [-0.05, 0) is 67.6 Å². The molecule has 1 aliphatic rings. The lowest BCUT2D eigenvalue weighted by Crippen LogP contribution is -2.12. The summed E-state index contributed by atoms with van der Waals surface area (Å²) in [5.74, 6) is 1.34. The predicted octanol–water partition coefficient (Wildman–Crippen LogP) is 9.35. The highest BCUT2D eigenvalue weighted by molar-refractivity contribution is 5.77. The molecule has 2 nitrogen and oxygen atoms in total. The average molecular weight is 464 g/mol. The largest absolute Gasteiger partial charge is 0.493 e. The minimum atomic E-state index is -0.281. The molecule has 0 aliphatic heterocycles. The Balaban J connectivity index is 1.73. The summed E-state index contributed by atoms with van der Waals surface area (Å²) in [5, 5.41) is 9.91. The van der Waals surface area contributed by atoms with Crippen LogP contribution in [-0.4, -0.2) is 7.11 Å². The van der Waals surface area contributed by atoms with Crippen LogP contribution in [0.15, 0.2) is 30.3 Å². The maximum absolute atomic E-state index is 15.4. The number of nitriles is 1. The Morgan fingerprint density at radius 3 is 2.24 bits per heavy atom. The molecule has 0 saturated heterocycles. The normalized spacial score (nSPS) is 18.0. The topological polar surface area (TPSA) is 33.0 Å². The summed E-state index contributed by atoms with van der Waals surface area (Å²) in [6.45, 7) is 4.51. The molecule has 1 fully saturated rings. The SMILES string of the molecule is CCCCCCCCCc1ccc(-c2ccc(C3CCC(CC)CC3)cc2C#N)c(OC)c1F. The number of hydrogen-bond acceptors (Lipinski definition) is 2. The molecule has 0 heterocycles. The Hall–Kier alpha value is -2.34. The van der Waals surface area contributed by atoms with E-state index < -0.39 is 0 Å². The fraction of sp³-hybridized carbons (Fsp3) is 0.581. The molecule has 34 heavy (non-hydrogen) atoms. The number of hydrogen-bond donors (Lipinski definition) is 0. The van der Waals surface area contributed by atoms with Gasteiger partial charge in [-0.25, -0.2) is 4.39 Å². The van der Waals surface area contributed by atoms with Crippen molar-refractivity contribution in [2.45, 2.75) is 103 Å². The van der Waals surface area contributed by atoms with E-state index in [1.54, 1.807) is 0 Å². The number of ether oxygens (including phenoxy) is 1. The van der Waals surface area contributed by atoms with Crippen LogP contribution in [0.2, 0.25) is 0 Å². The van der Waals surface area contributed by atoms with Crippen LogP contribution in [0.5, 0.6) is 5.75 Å². The predicted molar refractivity (Wildman–Crippen MR) is 140 cm³/mol. The summed E-state index contributed by atoms with van der Waals surface area (Å²) < 4.78 is 20.9. The fourth-order valence-electron chi connectivity index (χ4n) is 5.52. The fourth-order valence-corrected chi connectivity index (χ4v) is 5.52. The van der Waals surface area contributed by atoms with Crippen molar-refractivity contribution in [1.82, 2.24) is 0 Å². The van der Waals surface area contributed by atoms with E-state index in [0.717, 1.165) is 30.7 Å². The van der Waals surface area contributed by atoms with Crippen LogP contribution >= 0.6 is 0 Å². The highest BCUT2D eigenvalue weighted by Gasteiger charge is 2.23. The van der Waals surface area contributed by atoms with Crippen LogP contribution in [0.25, 0.3) is 11.1 Å². The van der Waals surface area contributed by atoms with Gasteiger partial charge in [0.15, 0.2) is 11.6 Å². The molecule has 1 aliphatic carbocycles. The Labute approximate surface area is 206 Å². The van der Waals surface area contributed by atoms with Gasteiger partial charge in [0.1, 0.15) is 0 Å². The van der Waals surface area contributed by atoms with E-state index in [4.69, 9.17) is 4.74 Å². The van der Waals surface area contributed by atoms with E-state index in [1.165, 1.54) is 76.9 Å². The van der Waals surface area contributed by atoms with Gasteiger partial charge in [-0.2, -0.15) is 5.26 Å². The second-order valence-corrected chi connectivity index (χ2v) is 10.0. The van der Waals surface area contributed by atoms with Crippen LogP contribution in [0, 0.1) is 23.1 Å². The summed E-state index contributed by atoms with van der Waals surface area (Å²) >= 11 is 0. The Morgan fingerprint density at radius 2 is 1.59 bits per heavy atom. The molecule has 3 rings (SSSR count). The van der Waals surface area contributed by atoms with Crippen molar-refractivity contribution in [3.8, 4) is 22.9 Å². The van der Waals surface area contributed by atoms with E-state index >= 15 is 4.39 Å². The Bertz CT molecular complexity index is 953. The minimum Gasteiger partial charge on any atom is -0.493 e. The number of unbranched alkanes of at least 4 members (excludes halogenated alkanes) is 6. The van der Waals surface area contributed by atoms with Gasteiger partial charge in [0.25, 0.3) is 0 Å². The van der Waals surface area contributed by atoms with Crippen molar-refractivity contribution in [1.29, 1.82) is 5.26 Å². The second-order valence-electron chi connectivity index (χ2n) is 10.0. The number of nitrogens with zero attached hydrogens (tertiary/aromatic N) is 1. The number of methoxy groups -OCH3 is 1. The number of rotatable bonds is 12. The van der Waals surface area contributed by atoms with Gasteiger partial charge < -0.3 is 4.74 Å². The molecule has 0 spiro atoms. The zero-order valence-corrected chi connectivity index (χ0v) is 21.5. The molecule has 0 N–H and O–H groups in total. The number of halogens is 1. The van der Waals surface area contributed by atoms with Crippen molar-refractivity contribution in [2.24, 2.45) is 5.92 Å². The van der Waals surface area contributed by atoms with Gasteiger partial charge in [0.05, 0.1) is 18.7 Å². The molecule has 0 bridgehead atoms. The van der Waals surface area contributed by atoms with Crippen LogP contribution in [0.4, 0.5) is 4.39 Å². The lowest BCUT2D eigenvalue weighted by molar-refractivity contribution is 0.319. The first-order valence-corrected chi connectivity index (χ1v) is 13.5. The molecule has 0 atom stereocenters. The van der Waals surface area contributed by atoms with Gasteiger partial charge in [0.2, 0.25) is 0 Å². The van der Waals surface area contributed by atoms with Gasteiger partial charge >= 0.3 is 0 Å². The Kier molecular flexibility index (Phi) is 10.4. The van der Waals surface area contributed by atoms with Gasteiger partial charge in [-0.15, -0.1) is 0 Å². The lowest BCUT2D eigenvalue weighted by atomic mass is 9.77. The van der Waals surface area contributed by atoms with Crippen LogP contribution < -0.4 is 4.74 Å². The van der Waals surface area contributed by atoms with E-state index in [-0.39, 0.29) is 11.6 Å². The van der Waals surface area contributed by atoms with Gasteiger partial charge in [-0.1, -0.05) is 83.1 Å². The third-order valence-corrected chi connectivity index (χ3v) is 7.78. The van der Waals surface area contributed by atoms with E-state index in [1.807, 2.05) is 24.3 Å². The van der Waals surface area contributed by atoms with Crippen LogP contribution in [0.3, 0.4) is 0 Å². The first-order valence-electron chi connectivity index (χ1n) is 13.5. The first-order chi connectivity index (χ1) is 16.6. The summed E-state index contributed by atoms with van der Waals surface area (Å²) in [6.07, 6.45) is 15.4. The molecule has 2 aromatic rings. The Morgan fingerprint density at radius 1 is 0.912 bits per heavy atom. The second kappa shape index (κ2) is 13.5. The summed E-state index contributed by atoms with van der Waals surface area (Å²) in [4.78, 5) is 0. The zero-order chi connectivity index (χ0) is 24.3. The standard InChI is InChI=1S/C31H42FNO/c1-4-6-7-8-9-10-11-12-25-17-20-29(31(34-3)30(25)32)28-19-18-26(21-27(28)22-33)24-15-13-23(5-2)14-16-24/h17-21,23-24H,4-16H2,1-3H3. The molecule has 0 aromatic heterocycles. The molecule has 0 amide bonds. The van der Waals surface area contributed by atoms with Crippen LogP contribution in [-0.2, 0) is 6.42 Å². The van der Waals surface area contributed by atoms with E-state index in [0.29, 0.717) is 22.6 Å². The quantitative estimate of drug-likeness (QED) is 0.294. The monoisotopic (exact) mass is 463 g/mol. The number of benzene rings is 2. The minimum absolute atomic E-state index is 0.258. The van der Waals surface area contributed by atoms with E-state index in [9.17, 15) is 5.26 Å². The maximum Gasteiger partial charge on any atom is 0.168 e. The van der Waals surface area contributed by atoms with Crippen LogP contribution in [0.1, 0.15) is 114 Å². The molecule has 184 valence electrons. The highest BCUT2D eigenvalue weighted by atomic mass is 19.1. The van der Waals surface area contributed by atoms with Crippen molar-refractivity contribution in [3.05, 3.63) is 52.8 Å². The summed E-state index contributed by atoms with van der Waals surface area (Å²) in [6, 6.07) is 12.3. The molecule has 1 saturated carbocycles. The molecular formula is C31H42FNO. The smallest absolute Gasteiger partial charge is 0.168 e. The average Bonchev–Trinajstić information content (AvgIpc) is 2.88. The van der Waals surface area contributed by atoms with Crippen molar-refractivity contribution < 1.29 is 9.13 Å². The van der Waals surface area contributed by atoms with Gasteiger partial charge in [-0.3, -0.25) is 0 Å². The first kappa shape index (κ1) is 26.3. The summed E-state index contributed by atoms with van der Waals surface area (Å²) in [7, 11) is 1.52. The molecule has 0 radical (unpaired) electrons. The molecule has 0 unspecified atom stereocenters. The van der Waals surface area contributed by atoms with Gasteiger partial charge in [0, 0.05) is 11.1 Å². The summed E-state index contributed by atoms with van der Waals surface area (Å²) in [5.41, 5.74) is 3.97. The third-order valence-electron chi connectivity index (χ3n) is 7.78. The molecule has 3 heteroatoms. The van der Waals surface area contributed by atoms with E-state index in [2.05, 4.69) is 26.0 Å². The third kappa shape index (κ3) is 6.62. The number of aryl methyl sites for hydroxylation is 1. The lowest BCUT2D eigenvalue weighted by Gasteiger charge is -2.28. The highest BCUT2D eigenvalue weighted by Crippen LogP contribution is 2.40. The molecule has 2 aromatic carbocycles. The van der Waals surface area contributed by atoms with Crippen molar-refractivity contribution >= 4 is 0 Å². The van der Waals surface area contributed by atoms with Crippen molar-refractivity contribution in [3.63, 3.8) is 0 Å². The molecular weight excluding hydrogens is 421 g/mol. The van der Waals surface area contributed by atoms with Crippen molar-refractivity contribution in [2.75, 3.05) is 7.11 Å².